The van der Waals surface area contributed by atoms with Crippen LogP contribution in [0.25, 0.3) is 20.8 Å². The molecule has 3 aromatic heterocycles. The third-order valence-electron chi connectivity index (χ3n) is 7.16. The lowest BCUT2D eigenvalue weighted by atomic mass is 9.99. The van der Waals surface area contributed by atoms with E-state index < -0.39 is 5.60 Å². The van der Waals surface area contributed by atoms with Crippen LogP contribution in [0.5, 0.6) is 0 Å². The summed E-state index contributed by atoms with van der Waals surface area (Å²) in [7, 11) is 0. The normalized spacial score (nSPS) is 13.3. The number of nitrogens with one attached hydrogen (secondary N) is 1. The van der Waals surface area contributed by atoms with Gasteiger partial charge >= 0.3 is 6.09 Å². The SMILES string of the molecule is CC(C)CCCC(=O)Cc1sc2c(c1-c1nc3cc(C(=O)Nc4cccnc4)ccc3s1)CCN(C(=O)OC(C)(C)C)C2. The number of aromatic nitrogens is 2. The number of pyridine rings is 1. The molecule has 226 valence electrons. The Morgan fingerprint density at radius 1 is 1.14 bits per heavy atom. The van der Waals surface area contributed by atoms with Gasteiger partial charge in [0.05, 0.1) is 28.6 Å². The zero-order valence-corrected chi connectivity index (χ0v) is 27.0. The van der Waals surface area contributed by atoms with Crippen molar-refractivity contribution in [2.45, 2.75) is 78.9 Å². The molecule has 0 saturated carbocycles. The van der Waals surface area contributed by atoms with Crippen LogP contribution in [0.2, 0.25) is 0 Å². The summed E-state index contributed by atoms with van der Waals surface area (Å²) in [5.41, 5.74) is 3.47. The predicted octanol–water partition coefficient (Wildman–Crippen LogP) is 7.90. The summed E-state index contributed by atoms with van der Waals surface area (Å²) < 4.78 is 6.61. The number of anilines is 1. The van der Waals surface area contributed by atoms with Gasteiger partial charge in [-0.2, -0.15) is 0 Å². The zero-order valence-electron chi connectivity index (χ0n) is 25.4. The van der Waals surface area contributed by atoms with Crippen LogP contribution in [-0.4, -0.2) is 44.8 Å². The van der Waals surface area contributed by atoms with Gasteiger partial charge in [0.15, 0.2) is 0 Å². The number of carbonyl (C=O) groups is 3. The maximum Gasteiger partial charge on any atom is 0.410 e. The van der Waals surface area contributed by atoms with Crippen LogP contribution in [0.1, 0.15) is 79.6 Å². The first-order valence-corrected chi connectivity index (χ1v) is 16.4. The number of amides is 2. The molecule has 0 radical (unpaired) electrons. The van der Waals surface area contributed by atoms with Gasteiger partial charge < -0.3 is 15.0 Å². The average molecular weight is 619 g/mol. The summed E-state index contributed by atoms with van der Waals surface area (Å²) in [5.74, 6) is 0.558. The Labute approximate surface area is 260 Å². The van der Waals surface area contributed by atoms with Gasteiger partial charge in [-0.3, -0.25) is 14.6 Å². The lowest BCUT2D eigenvalue weighted by molar-refractivity contribution is -0.118. The molecule has 4 heterocycles. The van der Waals surface area contributed by atoms with Crippen molar-refractivity contribution in [1.82, 2.24) is 14.9 Å². The topological polar surface area (TPSA) is 101 Å². The number of Topliss-reactive ketones (excluding diaryl/α,β-unsaturated/α-hetero) is 1. The average Bonchev–Trinajstić information content (AvgIpc) is 3.51. The van der Waals surface area contributed by atoms with E-state index in [9.17, 15) is 14.4 Å². The Morgan fingerprint density at radius 2 is 1.95 bits per heavy atom. The van der Waals surface area contributed by atoms with Crippen LogP contribution < -0.4 is 5.32 Å². The minimum atomic E-state index is -0.569. The van der Waals surface area contributed by atoms with Gasteiger partial charge in [-0.15, -0.1) is 22.7 Å². The molecule has 0 spiro atoms. The summed E-state index contributed by atoms with van der Waals surface area (Å²) >= 11 is 3.18. The molecule has 10 heteroatoms. The molecule has 43 heavy (non-hydrogen) atoms. The summed E-state index contributed by atoms with van der Waals surface area (Å²) in [6, 6.07) is 9.10. The number of thiazole rings is 1. The van der Waals surface area contributed by atoms with Crippen molar-refractivity contribution in [3.63, 3.8) is 0 Å². The molecule has 0 atom stereocenters. The quantitative estimate of drug-likeness (QED) is 0.205. The van der Waals surface area contributed by atoms with Gasteiger partial charge in [0.25, 0.3) is 5.91 Å². The van der Waals surface area contributed by atoms with Gasteiger partial charge in [-0.05, 0) is 75.4 Å². The van der Waals surface area contributed by atoms with Crippen molar-refractivity contribution in [3.8, 4) is 10.6 Å². The Hall–Kier alpha value is -3.63. The molecule has 0 bridgehead atoms. The third-order valence-corrected chi connectivity index (χ3v) is 9.43. The van der Waals surface area contributed by atoms with Crippen LogP contribution >= 0.6 is 22.7 Å². The number of carbonyl (C=O) groups excluding carboxylic acids is 3. The molecule has 4 aromatic rings. The smallest absolute Gasteiger partial charge is 0.410 e. The number of ketones is 1. The number of hydrogen-bond donors (Lipinski definition) is 1. The molecule has 0 fully saturated rings. The van der Waals surface area contributed by atoms with E-state index in [1.54, 1.807) is 64.2 Å². The zero-order chi connectivity index (χ0) is 30.7. The minimum absolute atomic E-state index is 0.222. The highest BCUT2D eigenvalue weighted by Crippen LogP contribution is 2.43. The van der Waals surface area contributed by atoms with Gasteiger partial charge in [-0.1, -0.05) is 20.3 Å². The highest BCUT2D eigenvalue weighted by Gasteiger charge is 2.31. The molecule has 2 amide bonds. The molecule has 8 nitrogen and oxygen atoms in total. The van der Waals surface area contributed by atoms with Crippen molar-refractivity contribution >= 4 is 56.4 Å². The fourth-order valence-corrected chi connectivity index (χ4v) is 7.62. The molecular weight excluding hydrogens is 581 g/mol. The van der Waals surface area contributed by atoms with E-state index in [0.29, 0.717) is 49.5 Å². The number of nitrogens with zero attached hydrogens (tertiary/aromatic N) is 3. The second kappa shape index (κ2) is 12.9. The Balaban J connectivity index is 1.45. The van der Waals surface area contributed by atoms with E-state index in [-0.39, 0.29) is 17.8 Å². The van der Waals surface area contributed by atoms with Gasteiger partial charge in [0, 0.05) is 46.5 Å². The monoisotopic (exact) mass is 618 g/mol. The standard InChI is InChI=1S/C33H38N4O4S2/c1-20(2)8-6-10-23(38)17-27-29(24-13-15-37(19-28(24)42-27)32(40)41-33(3,4)5)31-36-25-16-21(11-12-26(25)43-31)30(39)35-22-9-7-14-34-18-22/h7,9,11-12,14,16,18,20H,6,8,10,13,15,17,19H2,1-5H3,(H,35,39). The lowest BCUT2D eigenvalue weighted by Crippen LogP contribution is -2.39. The van der Waals surface area contributed by atoms with E-state index in [2.05, 4.69) is 24.1 Å². The first-order chi connectivity index (χ1) is 20.5. The van der Waals surface area contributed by atoms with Crippen LogP contribution in [-0.2, 0) is 28.9 Å². The summed E-state index contributed by atoms with van der Waals surface area (Å²) in [6.45, 7) is 10.9. The van der Waals surface area contributed by atoms with Gasteiger partial charge in [-0.25, -0.2) is 9.78 Å². The molecule has 1 aliphatic heterocycles. The first kappa shape index (κ1) is 30.8. The highest BCUT2D eigenvalue weighted by molar-refractivity contribution is 7.22. The molecule has 5 rings (SSSR count). The Morgan fingerprint density at radius 3 is 2.67 bits per heavy atom. The van der Waals surface area contributed by atoms with E-state index in [0.717, 1.165) is 48.9 Å². The number of benzene rings is 1. The number of thiophene rings is 1. The van der Waals surface area contributed by atoms with Crippen LogP contribution in [0.3, 0.4) is 0 Å². The largest absolute Gasteiger partial charge is 0.444 e. The molecule has 1 N–H and O–H groups in total. The molecule has 0 aliphatic carbocycles. The maximum absolute atomic E-state index is 13.1. The van der Waals surface area contributed by atoms with E-state index in [1.807, 2.05) is 26.8 Å². The second-order valence-electron chi connectivity index (χ2n) is 12.4. The predicted molar refractivity (Wildman–Crippen MR) is 173 cm³/mol. The molecule has 1 aliphatic rings. The van der Waals surface area contributed by atoms with Gasteiger partial charge in [0.2, 0.25) is 0 Å². The molecule has 0 saturated heterocycles. The summed E-state index contributed by atoms with van der Waals surface area (Å²) in [5, 5.41) is 3.72. The third kappa shape index (κ3) is 7.67. The number of hydrogen-bond acceptors (Lipinski definition) is 8. The van der Waals surface area contributed by atoms with Gasteiger partial charge in [0.1, 0.15) is 16.4 Å². The summed E-state index contributed by atoms with van der Waals surface area (Å²) in [4.78, 5) is 51.8. The van der Waals surface area contributed by atoms with E-state index in [1.165, 1.54) is 0 Å². The van der Waals surface area contributed by atoms with Crippen LogP contribution in [0.4, 0.5) is 10.5 Å². The van der Waals surface area contributed by atoms with Crippen molar-refractivity contribution in [1.29, 1.82) is 0 Å². The fraction of sp³-hybridized carbons (Fsp3) is 0.424. The summed E-state index contributed by atoms with van der Waals surface area (Å²) in [6.07, 6.45) is 6.42. The highest BCUT2D eigenvalue weighted by atomic mass is 32.1. The molecule has 0 unspecified atom stereocenters. The first-order valence-electron chi connectivity index (χ1n) is 14.7. The lowest BCUT2D eigenvalue weighted by Gasteiger charge is -2.30. The van der Waals surface area contributed by atoms with E-state index >= 15 is 0 Å². The number of ether oxygens (including phenoxy) is 1. The second-order valence-corrected chi connectivity index (χ2v) is 14.6. The Bertz CT molecular complexity index is 1640. The van der Waals surface area contributed by atoms with Crippen molar-refractivity contribution in [2.24, 2.45) is 5.92 Å². The minimum Gasteiger partial charge on any atom is -0.444 e. The number of rotatable bonds is 9. The van der Waals surface area contributed by atoms with Crippen LogP contribution in [0.15, 0.2) is 42.7 Å². The van der Waals surface area contributed by atoms with Crippen LogP contribution in [0, 0.1) is 5.92 Å². The Kier molecular flexibility index (Phi) is 9.27. The number of fused-ring (bicyclic) bond motifs is 2. The molecule has 1 aromatic carbocycles. The van der Waals surface area contributed by atoms with Crippen molar-refractivity contribution < 1.29 is 19.1 Å². The fourth-order valence-electron chi connectivity index (χ4n) is 5.11. The van der Waals surface area contributed by atoms with Crippen molar-refractivity contribution in [3.05, 3.63) is 63.6 Å². The van der Waals surface area contributed by atoms with Crippen molar-refractivity contribution in [2.75, 3.05) is 11.9 Å². The molecular formula is C33H38N4O4S2. The maximum atomic E-state index is 13.1. The van der Waals surface area contributed by atoms with E-state index in [4.69, 9.17) is 9.72 Å².